The Labute approximate surface area is 74.6 Å². The van der Waals surface area contributed by atoms with Gasteiger partial charge in [0.1, 0.15) is 0 Å². The quantitative estimate of drug-likeness (QED) is 0.513. The minimum Gasteiger partial charge on any atom is -0.302 e. The molecule has 2 nitrogen and oxygen atoms in total. The fraction of sp³-hybridized carbons (Fsp3) is 1.00. The molecule has 0 heterocycles. The summed E-state index contributed by atoms with van der Waals surface area (Å²) in [5.41, 5.74) is 3.06. The van der Waals surface area contributed by atoms with Gasteiger partial charge in [0.2, 0.25) is 0 Å². The number of hydrogen-bond acceptors (Lipinski definition) is 2. The van der Waals surface area contributed by atoms with E-state index in [1.807, 2.05) is 6.92 Å². The smallest absolute Gasteiger partial charge is 0.0653 e. The zero-order valence-electron chi connectivity index (χ0n) is 7.88. The summed E-state index contributed by atoms with van der Waals surface area (Å²) in [5, 5.41) is 0. The first-order valence-corrected chi connectivity index (χ1v) is 5.24. The molecule has 3 atom stereocenters. The molecule has 0 radical (unpaired) electrons. The van der Waals surface area contributed by atoms with Gasteiger partial charge in [-0.1, -0.05) is 6.42 Å². The Morgan fingerprint density at radius 2 is 2.25 bits per heavy atom. The third kappa shape index (κ3) is 1.64. The monoisotopic (exact) mass is 169 g/mol. The van der Waals surface area contributed by atoms with E-state index in [0.29, 0.717) is 0 Å². The molecule has 0 aromatic carbocycles. The molecule has 2 aliphatic rings. The summed E-state index contributed by atoms with van der Waals surface area (Å²) in [6.07, 6.45) is 5.92. The summed E-state index contributed by atoms with van der Waals surface area (Å²) in [5.74, 6) is 2.99. The van der Waals surface area contributed by atoms with Gasteiger partial charge in [0.25, 0.3) is 0 Å². The number of nitrogens with one attached hydrogen (secondary N) is 1. The lowest BCUT2D eigenvalue weighted by atomic mass is 9.89. The molecule has 2 fully saturated rings. The van der Waals surface area contributed by atoms with Gasteiger partial charge in [0.15, 0.2) is 0 Å². The highest BCUT2D eigenvalue weighted by molar-refractivity contribution is 4.90. The van der Waals surface area contributed by atoms with Gasteiger partial charge < -0.3 is 4.84 Å². The molecular formula is C10H19NO. The zero-order valence-corrected chi connectivity index (χ0v) is 7.88. The SMILES string of the molecule is CCONCC1CC2CCC1C2. The molecule has 0 aromatic heterocycles. The molecule has 0 amide bonds. The first-order valence-electron chi connectivity index (χ1n) is 5.24. The second-order valence-electron chi connectivity index (χ2n) is 4.22. The van der Waals surface area contributed by atoms with Crippen molar-refractivity contribution in [3.8, 4) is 0 Å². The van der Waals surface area contributed by atoms with Gasteiger partial charge in [0.05, 0.1) is 6.61 Å². The van der Waals surface area contributed by atoms with Crippen LogP contribution in [0.15, 0.2) is 0 Å². The summed E-state index contributed by atoms with van der Waals surface area (Å²) in [6.45, 7) is 3.88. The van der Waals surface area contributed by atoms with Gasteiger partial charge in [-0.05, 0) is 43.9 Å². The Kier molecular flexibility index (Phi) is 2.66. The molecular weight excluding hydrogens is 150 g/mol. The van der Waals surface area contributed by atoms with Crippen molar-refractivity contribution in [1.29, 1.82) is 0 Å². The lowest BCUT2D eigenvalue weighted by Gasteiger charge is -2.21. The van der Waals surface area contributed by atoms with Crippen molar-refractivity contribution in [2.24, 2.45) is 17.8 Å². The highest BCUT2D eigenvalue weighted by Crippen LogP contribution is 2.47. The molecule has 3 unspecified atom stereocenters. The molecule has 12 heavy (non-hydrogen) atoms. The van der Waals surface area contributed by atoms with E-state index >= 15 is 0 Å². The van der Waals surface area contributed by atoms with Gasteiger partial charge in [-0.3, -0.25) is 0 Å². The zero-order chi connectivity index (χ0) is 8.39. The Balaban J connectivity index is 1.69. The second-order valence-corrected chi connectivity index (χ2v) is 4.22. The summed E-state index contributed by atoms with van der Waals surface area (Å²) in [4.78, 5) is 5.15. The van der Waals surface area contributed by atoms with Gasteiger partial charge in [-0.15, -0.1) is 0 Å². The first-order chi connectivity index (χ1) is 5.90. The van der Waals surface area contributed by atoms with E-state index in [1.54, 1.807) is 0 Å². The van der Waals surface area contributed by atoms with E-state index in [9.17, 15) is 0 Å². The van der Waals surface area contributed by atoms with Crippen molar-refractivity contribution in [3.63, 3.8) is 0 Å². The van der Waals surface area contributed by atoms with Crippen molar-refractivity contribution in [1.82, 2.24) is 5.48 Å². The molecule has 2 aliphatic carbocycles. The summed E-state index contributed by atoms with van der Waals surface area (Å²) >= 11 is 0. The van der Waals surface area contributed by atoms with Gasteiger partial charge in [-0.25, -0.2) is 5.48 Å². The molecule has 2 saturated carbocycles. The van der Waals surface area contributed by atoms with Crippen LogP contribution in [0.1, 0.15) is 32.6 Å². The molecule has 0 aliphatic heterocycles. The molecule has 70 valence electrons. The van der Waals surface area contributed by atoms with Crippen molar-refractivity contribution >= 4 is 0 Å². The maximum atomic E-state index is 5.15. The van der Waals surface area contributed by atoms with Crippen LogP contribution < -0.4 is 5.48 Å². The average molecular weight is 169 g/mol. The van der Waals surface area contributed by atoms with Crippen molar-refractivity contribution in [2.45, 2.75) is 32.6 Å². The van der Waals surface area contributed by atoms with Crippen LogP contribution in [-0.2, 0) is 4.84 Å². The lowest BCUT2D eigenvalue weighted by Crippen LogP contribution is -2.26. The summed E-state index contributed by atoms with van der Waals surface area (Å²) in [6, 6.07) is 0. The summed E-state index contributed by atoms with van der Waals surface area (Å²) in [7, 11) is 0. The number of rotatable bonds is 4. The normalized spacial score (nSPS) is 39.2. The molecule has 0 saturated heterocycles. The third-order valence-electron chi connectivity index (χ3n) is 3.48. The van der Waals surface area contributed by atoms with E-state index < -0.39 is 0 Å². The van der Waals surface area contributed by atoms with Crippen LogP contribution >= 0.6 is 0 Å². The minimum absolute atomic E-state index is 0.779. The summed E-state index contributed by atoms with van der Waals surface area (Å²) < 4.78 is 0. The maximum Gasteiger partial charge on any atom is 0.0653 e. The lowest BCUT2D eigenvalue weighted by molar-refractivity contribution is 0.0357. The van der Waals surface area contributed by atoms with E-state index in [1.165, 1.54) is 25.7 Å². The highest BCUT2D eigenvalue weighted by Gasteiger charge is 2.38. The second kappa shape index (κ2) is 3.75. The Morgan fingerprint density at radius 1 is 1.33 bits per heavy atom. The van der Waals surface area contributed by atoms with Crippen LogP contribution in [0.25, 0.3) is 0 Å². The molecule has 2 heteroatoms. The van der Waals surface area contributed by atoms with Crippen LogP contribution in [-0.4, -0.2) is 13.2 Å². The van der Waals surface area contributed by atoms with Crippen LogP contribution in [0.3, 0.4) is 0 Å². The van der Waals surface area contributed by atoms with Gasteiger partial charge in [-0.2, -0.15) is 0 Å². The van der Waals surface area contributed by atoms with Crippen LogP contribution in [0.5, 0.6) is 0 Å². The van der Waals surface area contributed by atoms with Crippen LogP contribution in [0.4, 0.5) is 0 Å². The highest BCUT2D eigenvalue weighted by atomic mass is 16.6. The average Bonchev–Trinajstić information content (AvgIpc) is 2.65. The molecule has 2 bridgehead atoms. The fourth-order valence-electron chi connectivity index (χ4n) is 2.89. The topological polar surface area (TPSA) is 21.3 Å². The minimum atomic E-state index is 0.779. The van der Waals surface area contributed by atoms with Crippen molar-refractivity contribution in [2.75, 3.05) is 13.2 Å². The number of hydroxylamine groups is 1. The van der Waals surface area contributed by atoms with E-state index in [2.05, 4.69) is 5.48 Å². The van der Waals surface area contributed by atoms with Crippen LogP contribution in [0, 0.1) is 17.8 Å². The van der Waals surface area contributed by atoms with E-state index in [4.69, 9.17) is 4.84 Å². The predicted molar refractivity (Wildman–Crippen MR) is 48.6 cm³/mol. The molecule has 2 rings (SSSR count). The maximum absolute atomic E-state index is 5.15. The molecule has 0 aromatic rings. The Bertz CT molecular complexity index is 149. The van der Waals surface area contributed by atoms with Gasteiger partial charge in [0, 0.05) is 6.54 Å². The first kappa shape index (κ1) is 8.52. The fourth-order valence-corrected chi connectivity index (χ4v) is 2.89. The predicted octanol–water partition coefficient (Wildman–Crippen LogP) is 1.96. The molecule has 1 N–H and O–H groups in total. The van der Waals surface area contributed by atoms with Gasteiger partial charge >= 0.3 is 0 Å². The van der Waals surface area contributed by atoms with E-state index in [0.717, 1.165) is 30.9 Å². The Morgan fingerprint density at radius 3 is 2.83 bits per heavy atom. The van der Waals surface area contributed by atoms with Crippen LogP contribution in [0.2, 0.25) is 0 Å². The molecule has 0 spiro atoms. The standard InChI is InChI=1S/C10H19NO/c1-2-12-11-7-10-6-8-3-4-9(10)5-8/h8-11H,2-7H2,1H3. The van der Waals surface area contributed by atoms with E-state index in [-0.39, 0.29) is 0 Å². The number of hydrogen-bond donors (Lipinski definition) is 1. The third-order valence-corrected chi connectivity index (χ3v) is 3.48. The van der Waals surface area contributed by atoms with Crippen molar-refractivity contribution < 1.29 is 4.84 Å². The largest absolute Gasteiger partial charge is 0.302 e. The number of fused-ring (bicyclic) bond motifs is 2. The Hall–Kier alpha value is -0.0800. The van der Waals surface area contributed by atoms with Crippen molar-refractivity contribution in [3.05, 3.63) is 0 Å².